The van der Waals surface area contributed by atoms with Crippen LogP contribution in [0.1, 0.15) is 31.0 Å². The highest BCUT2D eigenvalue weighted by molar-refractivity contribution is 5.99. The number of anilines is 2. The number of rotatable bonds is 8. The summed E-state index contributed by atoms with van der Waals surface area (Å²) in [4.78, 5) is 23.7. The molecule has 0 aliphatic heterocycles. The molecule has 3 rings (SSSR count). The lowest BCUT2D eigenvalue weighted by Crippen LogP contribution is -2.21. The molecular formula is C22H23F2N5O2. The molecule has 0 bridgehead atoms. The third-order valence-corrected chi connectivity index (χ3v) is 4.50. The van der Waals surface area contributed by atoms with Crippen LogP contribution in [0.2, 0.25) is 0 Å². The predicted molar refractivity (Wildman–Crippen MR) is 114 cm³/mol. The summed E-state index contributed by atoms with van der Waals surface area (Å²) in [6, 6.07) is 11.3. The van der Waals surface area contributed by atoms with Crippen molar-refractivity contribution >= 4 is 23.4 Å². The number of amides is 3. The van der Waals surface area contributed by atoms with E-state index in [1.807, 2.05) is 0 Å². The fourth-order valence-electron chi connectivity index (χ4n) is 3.05. The maximum atomic E-state index is 13.4. The zero-order valence-corrected chi connectivity index (χ0v) is 17.0. The molecule has 162 valence electrons. The first-order chi connectivity index (χ1) is 14.9. The van der Waals surface area contributed by atoms with Crippen molar-refractivity contribution in [3.63, 3.8) is 0 Å². The number of unbranched alkanes of at least 4 members (excludes halogenated alkanes) is 1. The average Bonchev–Trinajstić information content (AvgIpc) is 3.11. The van der Waals surface area contributed by atoms with E-state index in [4.69, 9.17) is 5.73 Å². The number of hydrogen-bond donors (Lipinski definition) is 3. The van der Waals surface area contributed by atoms with Crippen LogP contribution >= 0.6 is 0 Å². The van der Waals surface area contributed by atoms with Crippen molar-refractivity contribution in [2.24, 2.45) is 5.73 Å². The number of primary amides is 1. The molecule has 9 heteroatoms. The number of carbonyl (C=O) groups excluding carboxylic acids is 2. The van der Waals surface area contributed by atoms with Crippen LogP contribution in [0.15, 0.2) is 48.5 Å². The lowest BCUT2D eigenvalue weighted by Gasteiger charge is -2.11. The van der Waals surface area contributed by atoms with E-state index in [0.717, 1.165) is 37.1 Å². The lowest BCUT2D eigenvalue weighted by atomic mass is 10.1. The van der Waals surface area contributed by atoms with Crippen molar-refractivity contribution in [3.05, 3.63) is 71.4 Å². The first-order valence-corrected chi connectivity index (χ1v) is 9.85. The Kier molecular flexibility index (Phi) is 6.96. The van der Waals surface area contributed by atoms with Crippen LogP contribution in [-0.2, 0) is 17.6 Å². The van der Waals surface area contributed by atoms with Crippen molar-refractivity contribution in [2.75, 3.05) is 10.6 Å². The van der Waals surface area contributed by atoms with Gasteiger partial charge in [-0.05, 0) is 42.7 Å². The Morgan fingerprint density at radius 2 is 1.87 bits per heavy atom. The second-order valence-electron chi connectivity index (χ2n) is 7.06. The molecule has 0 aliphatic rings. The zero-order chi connectivity index (χ0) is 22.4. The van der Waals surface area contributed by atoms with E-state index in [9.17, 15) is 18.4 Å². The van der Waals surface area contributed by atoms with Gasteiger partial charge in [0.25, 0.3) is 0 Å². The minimum absolute atomic E-state index is 0.0805. The summed E-state index contributed by atoms with van der Waals surface area (Å²) in [5.41, 5.74) is 7.53. The zero-order valence-electron chi connectivity index (χ0n) is 17.0. The van der Waals surface area contributed by atoms with Crippen molar-refractivity contribution in [1.82, 2.24) is 9.78 Å². The lowest BCUT2D eigenvalue weighted by molar-refractivity contribution is -0.117. The molecule has 0 saturated carbocycles. The van der Waals surface area contributed by atoms with E-state index in [1.165, 1.54) is 6.07 Å². The number of halogens is 2. The van der Waals surface area contributed by atoms with Crippen LogP contribution < -0.4 is 16.4 Å². The Hall–Kier alpha value is -3.75. The Morgan fingerprint density at radius 1 is 1.06 bits per heavy atom. The van der Waals surface area contributed by atoms with E-state index < -0.39 is 23.6 Å². The van der Waals surface area contributed by atoms with Gasteiger partial charge in [0.2, 0.25) is 5.91 Å². The second-order valence-corrected chi connectivity index (χ2v) is 7.06. The molecule has 3 aromatic rings. The number of benzene rings is 2. The van der Waals surface area contributed by atoms with Gasteiger partial charge in [0.05, 0.1) is 17.8 Å². The molecule has 1 heterocycles. The van der Waals surface area contributed by atoms with Crippen molar-refractivity contribution in [2.45, 2.75) is 32.6 Å². The van der Waals surface area contributed by atoms with Gasteiger partial charge in [0.1, 0.15) is 5.82 Å². The summed E-state index contributed by atoms with van der Waals surface area (Å²) >= 11 is 0. The topological polar surface area (TPSA) is 102 Å². The van der Waals surface area contributed by atoms with E-state index >= 15 is 0 Å². The molecule has 0 unspecified atom stereocenters. The fourth-order valence-corrected chi connectivity index (χ4v) is 3.05. The average molecular weight is 427 g/mol. The van der Waals surface area contributed by atoms with Crippen LogP contribution in [0.3, 0.4) is 0 Å². The van der Waals surface area contributed by atoms with Crippen molar-refractivity contribution in [1.29, 1.82) is 0 Å². The molecule has 7 nitrogen and oxygen atoms in total. The SMILES string of the molecule is CCCCc1cc(NC(=O)Nc2ccc(F)c(F)c2)n(-c2cccc(CC(N)=O)c2)n1. The van der Waals surface area contributed by atoms with Crippen LogP contribution in [0, 0.1) is 11.6 Å². The second kappa shape index (κ2) is 9.84. The number of urea groups is 1. The van der Waals surface area contributed by atoms with Crippen LogP contribution in [-0.4, -0.2) is 21.7 Å². The highest BCUT2D eigenvalue weighted by atomic mass is 19.2. The summed E-state index contributed by atoms with van der Waals surface area (Å²) in [5.74, 6) is -2.12. The predicted octanol–water partition coefficient (Wildman–Crippen LogP) is 4.16. The monoisotopic (exact) mass is 427 g/mol. The summed E-state index contributed by atoms with van der Waals surface area (Å²) in [7, 11) is 0. The van der Waals surface area contributed by atoms with Gasteiger partial charge in [-0.1, -0.05) is 25.5 Å². The normalized spacial score (nSPS) is 10.7. The van der Waals surface area contributed by atoms with Gasteiger partial charge in [0.15, 0.2) is 11.6 Å². The van der Waals surface area contributed by atoms with E-state index in [1.54, 1.807) is 35.0 Å². The quantitative estimate of drug-likeness (QED) is 0.503. The number of nitrogens with two attached hydrogens (primary N) is 1. The summed E-state index contributed by atoms with van der Waals surface area (Å²) in [5, 5.41) is 9.73. The van der Waals surface area contributed by atoms with Crippen LogP contribution in [0.25, 0.3) is 5.69 Å². The van der Waals surface area contributed by atoms with E-state index in [2.05, 4.69) is 22.7 Å². The minimum atomic E-state index is -1.06. The molecule has 2 aromatic carbocycles. The fraction of sp³-hybridized carbons (Fsp3) is 0.227. The number of nitrogens with one attached hydrogen (secondary N) is 2. The van der Waals surface area contributed by atoms with Gasteiger partial charge in [0, 0.05) is 17.8 Å². The van der Waals surface area contributed by atoms with Crippen molar-refractivity contribution in [3.8, 4) is 5.69 Å². The van der Waals surface area contributed by atoms with Gasteiger partial charge in [-0.2, -0.15) is 5.10 Å². The molecule has 31 heavy (non-hydrogen) atoms. The van der Waals surface area contributed by atoms with Crippen LogP contribution in [0.5, 0.6) is 0 Å². The molecule has 1 aromatic heterocycles. The van der Waals surface area contributed by atoms with Gasteiger partial charge in [-0.3, -0.25) is 10.1 Å². The molecule has 0 fully saturated rings. The molecule has 0 aliphatic carbocycles. The molecule has 0 atom stereocenters. The molecule has 3 amide bonds. The number of aromatic nitrogens is 2. The summed E-state index contributed by atoms with van der Waals surface area (Å²) in [6.07, 6.45) is 2.72. The van der Waals surface area contributed by atoms with E-state index in [-0.39, 0.29) is 12.1 Å². The number of aryl methyl sites for hydroxylation is 1. The molecule has 0 radical (unpaired) electrons. The Labute approximate surface area is 178 Å². The maximum Gasteiger partial charge on any atom is 0.324 e. The third kappa shape index (κ3) is 5.88. The number of nitrogens with zero attached hydrogens (tertiary/aromatic N) is 2. The Morgan fingerprint density at radius 3 is 2.58 bits per heavy atom. The molecule has 4 N–H and O–H groups in total. The van der Waals surface area contributed by atoms with Gasteiger partial charge in [-0.25, -0.2) is 18.3 Å². The number of carbonyl (C=O) groups is 2. The van der Waals surface area contributed by atoms with Gasteiger partial charge >= 0.3 is 6.03 Å². The highest BCUT2D eigenvalue weighted by Gasteiger charge is 2.14. The standard InChI is InChI=1S/C22H23F2N5O2/c1-2-3-6-16-13-21(27-22(31)26-15-8-9-18(23)19(24)12-15)29(28-16)17-7-4-5-14(10-17)11-20(25)30/h4-5,7-10,12-13H,2-3,6,11H2,1H3,(H2,25,30)(H2,26,27,31). The molecule has 0 saturated heterocycles. The molecular weight excluding hydrogens is 404 g/mol. The van der Waals surface area contributed by atoms with E-state index in [0.29, 0.717) is 17.1 Å². The first kappa shape index (κ1) is 21.9. The largest absolute Gasteiger partial charge is 0.369 e. The first-order valence-electron chi connectivity index (χ1n) is 9.85. The van der Waals surface area contributed by atoms with Crippen LogP contribution in [0.4, 0.5) is 25.1 Å². The smallest absolute Gasteiger partial charge is 0.324 e. The Balaban J connectivity index is 1.86. The Bertz CT molecular complexity index is 1100. The summed E-state index contributed by atoms with van der Waals surface area (Å²) in [6.45, 7) is 2.07. The maximum absolute atomic E-state index is 13.4. The van der Waals surface area contributed by atoms with Crippen molar-refractivity contribution < 1.29 is 18.4 Å². The van der Waals surface area contributed by atoms with Gasteiger partial charge < -0.3 is 11.1 Å². The highest BCUT2D eigenvalue weighted by Crippen LogP contribution is 2.21. The minimum Gasteiger partial charge on any atom is -0.369 e. The third-order valence-electron chi connectivity index (χ3n) is 4.50. The summed E-state index contributed by atoms with van der Waals surface area (Å²) < 4.78 is 28.1. The molecule has 0 spiro atoms. The number of hydrogen-bond acceptors (Lipinski definition) is 3. The van der Waals surface area contributed by atoms with Gasteiger partial charge in [-0.15, -0.1) is 0 Å².